The molecule has 0 bridgehead atoms. The van der Waals surface area contributed by atoms with E-state index in [1.165, 1.54) is 15.8 Å². The Hall–Kier alpha value is -0.650. The molecule has 0 spiro atoms. The predicted molar refractivity (Wildman–Crippen MR) is 75.9 cm³/mol. The van der Waals surface area contributed by atoms with Crippen LogP contribution < -0.4 is 5.73 Å². The van der Waals surface area contributed by atoms with Crippen LogP contribution in [0.15, 0.2) is 11.4 Å². The van der Waals surface area contributed by atoms with Gasteiger partial charge in [0.05, 0.1) is 0 Å². The van der Waals surface area contributed by atoms with Crippen molar-refractivity contribution < 1.29 is 0 Å². The van der Waals surface area contributed by atoms with Crippen molar-refractivity contribution in [3.63, 3.8) is 0 Å². The van der Waals surface area contributed by atoms with Gasteiger partial charge in [-0.25, -0.2) is 9.97 Å². The van der Waals surface area contributed by atoms with Crippen LogP contribution >= 0.6 is 23.1 Å². The fourth-order valence-corrected chi connectivity index (χ4v) is 3.75. The van der Waals surface area contributed by atoms with E-state index in [4.69, 9.17) is 5.73 Å². The van der Waals surface area contributed by atoms with Crippen LogP contribution in [0.4, 0.5) is 0 Å². The van der Waals surface area contributed by atoms with Crippen molar-refractivity contribution in [3.8, 4) is 0 Å². The topological polar surface area (TPSA) is 51.8 Å². The van der Waals surface area contributed by atoms with Crippen LogP contribution in [0.2, 0.25) is 0 Å². The van der Waals surface area contributed by atoms with E-state index in [-0.39, 0.29) is 6.04 Å². The largest absolute Gasteiger partial charge is 0.327 e. The SMILES string of the molecule is CCC(N)CSc1ncnc2sc(C)c(C)c12. The maximum atomic E-state index is 5.95. The molecular weight excluding hydrogens is 250 g/mol. The van der Waals surface area contributed by atoms with Gasteiger partial charge in [0.2, 0.25) is 0 Å². The van der Waals surface area contributed by atoms with E-state index >= 15 is 0 Å². The second-order valence-electron chi connectivity index (χ2n) is 4.12. The highest BCUT2D eigenvalue weighted by molar-refractivity contribution is 7.99. The molecule has 92 valence electrons. The molecule has 3 nitrogen and oxygen atoms in total. The number of rotatable bonds is 4. The van der Waals surface area contributed by atoms with Crippen molar-refractivity contribution in [2.75, 3.05) is 5.75 Å². The van der Waals surface area contributed by atoms with E-state index in [2.05, 4.69) is 30.7 Å². The third-order valence-electron chi connectivity index (χ3n) is 2.89. The van der Waals surface area contributed by atoms with Crippen molar-refractivity contribution in [1.82, 2.24) is 9.97 Å². The van der Waals surface area contributed by atoms with E-state index in [0.717, 1.165) is 22.0 Å². The molecule has 2 heterocycles. The number of hydrogen-bond acceptors (Lipinski definition) is 5. The molecule has 0 amide bonds. The summed E-state index contributed by atoms with van der Waals surface area (Å²) in [6, 6.07) is 0.241. The Bertz CT molecular complexity index is 522. The first-order chi connectivity index (χ1) is 8.13. The lowest BCUT2D eigenvalue weighted by atomic mass is 10.2. The van der Waals surface area contributed by atoms with Gasteiger partial charge in [0, 0.05) is 22.1 Å². The summed E-state index contributed by atoms with van der Waals surface area (Å²) in [5, 5.41) is 2.28. The molecule has 0 saturated carbocycles. The van der Waals surface area contributed by atoms with E-state index in [9.17, 15) is 0 Å². The van der Waals surface area contributed by atoms with Gasteiger partial charge in [0.25, 0.3) is 0 Å². The second-order valence-corrected chi connectivity index (χ2v) is 6.33. The van der Waals surface area contributed by atoms with Crippen molar-refractivity contribution in [2.45, 2.75) is 38.3 Å². The van der Waals surface area contributed by atoms with Gasteiger partial charge < -0.3 is 5.73 Å². The highest BCUT2D eigenvalue weighted by Crippen LogP contribution is 2.34. The van der Waals surface area contributed by atoms with Gasteiger partial charge in [0.1, 0.15) is 16.2 Å². The van der Waals surface area contributed by atoms with Crippen molar-refractivity contribution in [2.24, 2.45) is 5.73 Å². The van der Waals surface area contributed by atoms with Gasteiger partial charge in [-0.15, -0.1) is 23.1 Å². The molecule has 0 aliphatic carbocycles. The van der Waals surface area contributed by atoms with Crippen LogP contribution in [0.3, 0.4) is 0 Å². The van der Waals surface area contributed by atoms with Crippen LogP contribution in [0.25, 0.3) is 10.2 Å². The Morgan fingerprint density at radius 2 is 2.18 bits per heavy atom. The van der Waals surface area contributed by atoms with Crippen molar-refractivity contribution in [1.29, 1.82) is 0 Å². The summed E-state index contributed by atoms with van der Waals surface area (Å²) in [5.74, 6) is 0.914. The van der Waals surface area contributed by atoms with E-state index in [0.29, 0.717) is 0 Å². The molecule has 0 fully saturated rings. The Morgan fingerprint density at radius 1 is 1.41 bits per heavy atom. The number of thiophene rings is 1. The highest BCUT2D eigenvalue weighted by Gasteiger charge is 2.12. The van der Waals surface area contributed by atoms with E-state index < -0.39 is 0 Å². The number of thioether (sulfide) groups is 1. The molecular formula is C12H17N3S2. The minimum atomic E-state index is 0.241. The van der Waals surface area contributed by atoms with Gasteiger partial charge in [-0.05, 0) is 25.8 Å². The maximum Gasteiger partial charge on any atom is 0.128 e. The molecule has 2 N–H and O–H groups in total. The fourth-order valence-electron chi connectivity index (χ4n) is 1.56. The zero-order chi connectivity index (χ0) is 12.4. The average molecular weight is 267 g/mol. The number of nitrogens with zero attached hydrogens (tertiary/aromatic N) is 2. The summed E-state index contributed by atoms with van der Waals surface area (Å²) < 4.78 is 0. The zero-order valence-electron chi connectivity index (χ0n) is 10.4. The van der Waals surface area contributed by atoms with Crippen molar-refractivity contribution >= 4 is 33.3 Å². The second kappa shape index (κ2) is 5.33. The first-order valence-corrected chi connectivity index (χ1v) is 7.52. The number of fused-ring (bicyclic) bond motifs is 1. The standard InChI is InChI=1S/C12H17N3S2/c1-4-9(13)5-16-11-10-7(2)8(3)17-12(10)15-6-14-11/h6,9H,4-5,13H2,1-3H3. The molecule has 0 aliphatic heterocycles. The van der Waals surface area contributed by atoms with Crippen molar-refractivity contribution in [3.05, 3.63) is 16.8 Å². The summed E-state index contributed by atoms with van der Waals surface area (Å²) in [4.78, 5) is 11.1. The summed E-state index contributed by atoms with van der Waals surface area (Å²) in [5.41, 5.74) is 7.25. The molecule has 2 rings (SSSR count). The van der Waals surface area contributed by atoms with Crippen LogP contribution in [-0.4, -0.2) is 21.8 Å². The lowest BCUT2D eigenvalue weighted by Crippen LogP contribution is -2.21. The summed E-state index contributed by atoms with van der Waals surface area (Å²) in [6.07, 6.45) is 2.65. The van der Waals surface area contributed by atoms with Gasteiger partial charge in [0.15, 0.2) is 0 Å². The third-order valence-corrected chi connectivity index (χ3v) is 5.18. The van der Waals surface area contributed by atoms with Gasteiger partial charge in [-0.3, -0.25) is 0 Å². The summed E-state index contributed by atoms with van der Waals surface area (Å²) in [6.45, 7) is 6.38. The molecule has 17 heavy (non-hydrogen) atoms. The van der Waals surface area contributed by atoms with Gasteiger partial charge in [-0.1, -0.05) is 6.92 Å². The average Bonchev–Trinajstić information content (AvgIpc) is 2.63. The van der Waals surface area contributed by atoms with Gasteiger partial charge >= 0.3 is 0 Å². The number of aromatic nitrogens is 2. The molecule has 1 unspecified atom stereocenters. The van der Waals surface area contributed by atoms with E-state index in [1.807, 2.05) is 0 Å². The number of nitrogens with two attached hydrogens (primary N) is 1. The quantitative estimate of drug-likeness (QED) is 0.683. The van der Waals surface area contributed by atoms with Gasteiger partial charge in [-0.2, -0.15) is 0 Å². The third kappa shape index (κ3) is 2.61. The molecule has 2 aromatic rings. The normalized spacial score (nSPS) is 13.2. The Labute approximate surface area is 110 Å². The Balaban J connectivity index is 2.33. The minimum Gasteiger partial charge on any atom is -0.327 e. The molecule has 0 aliphatic rings. The predicted octanol–water partition coefficient (Wildman–Crippen LogP) is 3.14. The van der Waals surface area contributed by atoms with E-state index in [1.54, 1.807) is 29.4 Å². The first-order valence-electron chi connectivity index (χ1n) is 5.72. The molecule has 0 aromatic carbocycles. The maximum absolute atomic E-state index is 5.95. The number of aryl methyl sites for hydroxylation is 2. The fraction of sp³-hybridized carbons (Fsp3) is 0.500. The first kappa shape index (κ1) is 12.8. The van der Waals surface area contributed by atoms with Crippen LogP contribution in [0.5, 0.6) is 0 Å². The minimum absolute atomic E-state index is 0.241. The molecule has 0 radical (unpaired) electrons. The summed E-state index contributed by atoms with van der Waals surface area (Å²) in [7, 11) is 0. The lowest BCUT2D eigenvalue weighted by molar-refractivity contribution is 0.724. The number of hydrogen-bond donors (Lipinski definition) is 1. The van der Waals surface area contributed by atoms with Crippen LogP contribution in [-0.2, 0) is 0 Å². The smallest absolute Gasteiger partial charge is 0.128 e. The lowest BCUT2D eigenvalue weighted by Gasteiger charge is -2.08. The van der Waals surface area contributed by atoms with Crippen LogP contribution in [0.1, 0.15) is 23.8 Å². The molecule has 1 atom stereocenters. The highest BCUT2D eigenvalue weighted by atomic mass is 32.2. The molecule has 2 aromatic heterocycles. The summed E-state index contributed by atoms with van der Waals surface area (Å²) >= 11 is 3.48. The Morgan fingerprint density at radius 3 is 2.88 bits per heavy atom. The molecule has 0 saturated heterocycles. The molecule has 5 heteroatoms. The zero-order valence-corrected chi connectivity index (χ0v) is 12.0. The Kier molecular flexibility index (Phi) is 4.01. The monoisotopic (exact) mass is 267 g/mol. The van der Waals surface area contributed by atoms with Crippen LogP contribution in [0, 0.1) is 13.8 Å².